The first kappa shape index (κ1) is 15.5. The van der Waals surface area contributed by atoms with Crippen LogP contribution < -0.4 is 10.6 Å². The number of hydrogen-bond donors (Lipinski definition) is 2. The summed E-state index contributed by atoms with van der Waals surface area (Å²) in [7, 11) is 0. The Bertz CT molecular complexity index is 571. The minimum absolute atomic E-state index is 0.121. The van der Waals surface area contributed by atoms with Crippen molar-refractivity contribution in [2.24, 2.45) is 11.3 Å². The molecule has 1 fully saturated rings. The van der Waals surface area contributed by atoms with Crippen molar-refractivity contribution in [3.63, 3.8) is 0 Å². The molecule has 1 heterocycles. The largest absolute Gasteiger partial charge is 0.323 e. The molecule has 112 valence electrons. The Kier molecular flexibility index (Phi) is 4.59. The van der Waals surface area contributed by atoms with Crippen molar-refractivity contribution in [2.75, 3.05) is 18.4 Å². The van der Waals surface area contributed by atoms with Gasteiger partial charge in [-0.3, -0.25) is 4.79 Å². The lowest BCUT2D eigenvalue weighted by atomic mass is 9.74. The van der Waals surface area contributed by atoms with Gasteiger partial charge < -0.3 is 10.6 Å². The molecule has 4 nitrogen and oxygen atoms in total. The number of anilines is 1. The Labute approximate surface area is 124 Å². The fourth-order valence-electron chi connectivity index (χ4n) is 2.62. The molecule has 1 aliphatic rings. The molecule has 1 aliphatic heterocycles. The van der Waals surface area contributed by atoms with Gasteiger partial charge in [-0.1, -0.05) is 13.8 Å². The van der Waals surface area contributed by atoms with E-state index in [2.05, 4.69) is 10.6 Å². The van der Waals surface area contributed by atoms with E-state index in [1.165, 1.54) is 12.1 Å². The number of hydrogen-bond acceptors (Lipinski definition) is 3. The van der Waals surface area contributed by atoms with E-state index in [0.717, 1.165) is 32.0 Å². The van der Waals surface area contributed by atoms with Crippen LogP contribution in [-0.4, -0.2) is 19.0 Å². The van der Waals surface area contributed by atoms with E-state index in [4.69, 9.17) is 5.26 Å². The lowest BCUT2D eigenvalue weighted by molar-refractivity contribution is -0.127. The van der Waals surface area contributed by atoms with Gasteiger partial charge in [0.25, 0.3) is 0 Å². The van der Waals surface area contributed by atoms with Crippen molar-refractivity contribution in [1.82, 2.24) is 5.32 Å². The number of benzene rings is 1. The highest BCUT2D eigenvalue weighted by Gasteiger charge is 2.37. The molecular formula is C16H20FN3O. The Balaban J connectivity index is 2.11. The quantitative estimate of drug-likeness (QED) is 0.899. The molecule has 0 aromatic heterocycles. The molecule has 0 spiro atoms. The molecule has 0 saturated carbocycles. The first-order chi connectivity index (χ1) is 9.95. The van der Waals surface area contributed by atoms with Gasteiger partial charge in [0, 0.05) is 5.41 Å². The average molecular weight is 289 g/mol. The molecule has 1 atom stereocenters. The molecule has 1 aromatic carbocycles. The van der Waals surface area contributed by atoms with E-state index in [0.29, 0.717) is 0 Å². The number of nitrogens with one attached hydrogen (secondary N) is 2. The van der Waals surface area contributed by atoms with Gasteiger partial charge in [-0.05, 0) is 50.0 Å². The number of piperidine rings is 1. The molecule has 0 radical (unpaired) electrons. The zero-order chi connectivity index (χ0) is 15.5. The molecule has 2 rings (SSSR count). The van der Waals surface area contributed by atoms with Gasteiger partial charge in [-0.25, -0.2) is 4.39 Å². The molecule has 0 bridgehead atoms. The van der Waals surface area contributed by atoms with Crippen LogP contribution in [0.2, 0.25) is 0 Å². The van der Waals surface area contributed by atoms with Crippen LogP contribution in [0.5, 0.6) is 0 Å². The van der Waals surface area contributed by atoms with Gasteiger partial charge in [0.2, 0.25) is 5.91 Å². The van der Waals surface area contributed by atoms with Gasteiger partial charge in [0.1, 0.15) is 5.82 Å². The summed E-state index contributed by atoms with van der Waals surface area (Å²) >= 11 is 0. The van der Waals surface area contributed by atoms with Crippen molar-refractivity contribution >= 4 is 11.6 Å². The molecule has 21 heavy (non-hydrogen) atoms. The van der Waals surface area contributed by atoms with Crippen LogP contribution in [0, 0.1) is 28.5 Å². The van der Waals surface area contributed by atoms with Gasteiger partial charge in [-0.2, -0.15) is 5.26 Å². The summed E-state index contributed by atoms with van der Waals surface area (Å²) in [5.41, 5.74) is -0.217. The highest BCUT2D eigenvalue weighted by molar-refractivity contribution is 5.95. The van der Waals surface area contributed by atoms with Crippen LogP contribution in [0.15, 0.2) is 18.2 Å². The molecule has 5 heteroatoms. The van der Waals surface area contributed by atoms with Crippen LogP contribution in [0.4, 0.5) is 10.1 Å². The van der Waals surface area contributed by atoms with Crippen LogP contribution in [-0.2, 0) is 4.79 Å². The van der Waals surface area contributed by atoms with Crippen molar-refractivity contribution in [2.45, 2.75) is 26.7 Å². The molecular weight excluding hydrogens is 269 g/mol. The van der Waals surface area contributed by atoms with E-state index >= 15 is 0 Å². The summed E-state index contributed by atoms with van der Waals surface area (Å²) in [6.07, 6.45) is 2.04. The normalized spacial score (nSPS) is 18.9. The second-order valence-corrected chi connectivity index (χ2v) is 6.03. The third-order valence-electron chi connectivity index (χ3n) is 4.25. The Morgan fingerprint density at radius 1 is 1.52 bits per heavy atom. The summed E-state index contributed by atoms with van der Waals surface area (Å²) in [6.45, 7) is 5.57. The smallest absolute Gasteiger partial charge is 0.230 e. The minimum Gasteiger partial charge on any atom is -0.323 e. The monoisotopic (exact) mass is 289 g/mol. The summed E-state index contributed by atoms with van der Waals surface area (Å²) < 4.78 is 13.8. The van der Waals surface area contributed by atoms with Crippen molar-refractivity contribution in [3.8, 4) is 6.07 Å². The molecule has 2 N–H and O–H groups in total. The third kappa shape index (κ3) is 3.40. The SMILES string of the molecule is CC(C)(C(=O)Nc1ccc(C#N)cc1F)C1CCCNC1. The van der Waals surface area contributed by atoms with Gasteiger partial charge in [0.15, 0.2) is 0 Å². The number of carbonyl (C=O) groups excluding carboxylic acids is 1. The van der Waals surface area contributed by atoms with E-state index in [9.17, 15) is 9.18 Å². The highest BCUT2D eigenvalue weighted by atomic mass is 19.1. The minimum atomic E-state index is -0.583. The predicted molar refractivity (Wildman–Crippen MR) is 79.1 cm³/mol. The van der Waals surface area contributed by atoms with E-state index < -0.39 is 11.2 Å². The lowest BCUT2D eigenvalue weighted by Gasteiger charge is -2.36. The summed E-state index contributed by atoms with van der Waals surface area (Å²) in [4.78, 5) is 12.5. The summed E-state index contributed by atoms with van der Waals surface area (Å²) in [5.74, 6) is -0.549. The number of amides is 1. The fraction of sp³-hybridized carbons (Fsp3) is 0.500. The van der Waals surface area contributed by atoms with Gasteiger partial charge >= 0.3 is 0 Å². The number of nitrogens with zero attached hydrogens (tertiary/aromatic N) is 1. The molecule has 1 amide bonds. The predicted octanol–water partition coefficient (Wildman–Crippen LogP) is 2.66. The Morgan fingerprint density at radius 2 is 2.29 bits per heavy atom. The molecule has 1 aromatic rings. The highest BCUT2D eigenvalue weighted by Crippen LogP contribution is 2.33. The second kappa shape index (κ2) is 6.23. The van der Waals surface area contributed by atoms with Crippen LogP contribution in [0.25, 0.3) is 0 Å². The van der Waals surface area contributed by atoms with Gasteiger partial charge in [0.05, 0.1) is 17.3 Å². The zero-order valence-electron chi connectivity index (χ0n) is 12.4. The number of nitriles is 1. The van der Waals surface area contributed by atoms with E-state index in [1.54, 1.807) is 0 Å². The van der Waals surface area contributed by atoms with Crippen molar-refractivity contribution in [3.05, 3.63) is 29.6 Å². The van der Waals surface area contributed by atoms with E-state index in [-0.39, 0.29) is 23.1 Å². The third-order valence-corrected chi connectivity index (χ3v) is 4.25. The zero-order valence-corrected chi connectivity index (χ0v) is 12.4. The van der Waals surface area contributed by atoms with Crippen LogP contribution >= 0.6 is 0 Å². The Morgan fingerprint density at radius 3 is 2.86 bits per heavy atom. The standard InChI is InChI=1S/C16H20FN3O/c1-16(2,12-4-3-7-19-10-12)15(21)20-14-6-5-11(9-18)8-13(14)17/h5-6,8,12,19H,3-4,7,10H2,1-2H3,(H,20,21). The Hall–Kier alpha value is -1.93. The number of carbonyl (C=O) groups is 1. The molecule has 1 saturated heterocycles. The number of rotatable bonds is 3. The first-order valence-electron chi connectivity index (χ1n) is 7.17. The fourth-order valence-corrected chi connectivity index (χ4v) is 2.62. The molecule has 0 aliphatic carbocycles. The number of halogens is 1. The van der Waals surface area contributed by atoms with Crippen molar-refractivity contribution in [1.29, 1.82) is 5.26 Å². The first-order valence-corrected chi connectivity index (χ1v) is 7.17. The molecule has 1 unspecified atom stereocenters. The maximum Gasteiger partial charge on any atom is 0.230 e. The van der Waals surface area contributed by atoms with Crippen molar-refractivity contribution < 1.29 is 9.18 Å². The summed E-state index contributed by atoms with van der Waals surface area (Å²) in [6, 6.07) is 5.92. The van der Waals surface area contributed by atoms with Crippen LogP contribution in [0.3, 0.4) is 0 Å². The van der Waals surface area contributed by atoms with Gasteiger partial charge in [-0.15, -0.1) is 0 Å². The average Bonchev–Trinajstić information content (AvgIpc) is 2.50. The maximum absolute atomic E-state index is 13.8. The maximum atomic E-state index is 13.8. The lowest BCUT2D eigenvalue weighted by Crippen LogP contribution is -2.44. The summed E-state index contributed by atoms with van der Waals surface area (Å²) in [5, 5.41) is 14.7. The second-order valence-electron chi connectivity index (χ2n) is 6.03. The topological polar surface area (TPSA) is 64.9 Å². The van der Waals surface area contributed by atoms with E-state index in [1.807, 2.05) is 19.9 Å². The van der Waals surface area contributed by atoms with Crippen LogP contribution in [0.1, 0.15) is 32.3 Å².